The van der Waals surface area contributed by atoms with Gasteiger partial charge in [0.05, 0.1) is 10.8 Å². The SMILES string of the molecule is Cc1ccc(S(=O)(=O)N2CCC(C(=O)F)CC2)cc1. The third-order valence-electron chi connectivity index (χ3n) is 3.43. The van der Waals surface area contributed by atoms with Crippen molar-refractivity contribution in [2.75, 3.05) is 13.1 Å². The largest absolute Gasteiger partial charge is 0.304 e. The minimum absolute atomic E-state index is 0.191. The molecule has 1 saturated heterocycles. The van der Waals surface area contributed by atoms with Crippen LogP contribution in [0.4, 0.5) is 4.39 Å². The third-order valence-corrected chi connectivity index (χ3v) is 5.35. The van der Waals surface area contributed by atoms with E-state index >= 15 is 0 Å². The van der Waals surface area contributed by atoms with Crippen molar-refractivity contribution >= 4 is 16.1 Å². The highest BCUT2D eigenvalue weighted by atomic mass is 32.2. The number of carbonyl (C=O) groups excluding carboxylic acids is 1. The fraction of sp³-hybridized carbons (Fsp3) is 0.462. The van der Waals surface area contributed by atoms with Crippen molar-refractivity contribution in [2.24, 2.45) is 5.92 Å². The Morgan fingerprint density at radius 2 is 1.74 bits per heavy atom. The molecular formula is C13H16FNO3S. The summed E-state index contributed by atoms with van der Waals surface area (Å²) in [7, 11) is -3.53. The molecule has 2 rings (SSSR count). The molecule has 0 saturated carbocycles. The van der Waals surface area contributed by atoms with E-state index in [2.05, 4.69) is 0 Å². The molecule has 6 heteroatoms. The lowest BCUT2D eigenvalue weighted by Gasteiger charge is -2.29. The molecule has 1 aliphatic rings. The molecule has 1 aromatic carbocycles. The van der Waals surface area contributed by atoms with Crippen LogP contribution in [0.15, 0.2) is 29.2 Å². The maximum absolute atomic E-state index is 12.6. The topological polar surface area (TPSA) is 54.5 Å². The number of benzene rings is 1. The smallest absolute Gasteiger partial charge is 0.261 e. The van der Waals surface area contributed by atoms with Crippen molar-refractivity contribution in [1.82, 2.24) is 4.31 Å². The van der Waals surface area contributed by atoms with Crippen LogP contribution < -0.4 is 0 Å². The summed E-state index contributed by atoms with van der Waals surface area (Å²) in [6, 6.07) is 5.27. The lowest BCUT2D eigenvalue weighted by atomic mass is 9.99. The van der Waals surface area contributed by atoms with E-state index < -0.39 is 22.0 Å². The third kappa shape index (κ3) is 3.01. The van der Waals surface area contributed by atoms with Gasteiger partial charge in [-0.15, -0.1) is 0 Å². The molecule has 0 unspecified atom stereocenters. The molecule has 0 amide bonds. The number of carbonyl (C=O) groups is 1. The number of piperidine rings is 1. The highest BCUT2D eigenvalue weighted by Gasteiger charge is 2.31. The van der Waals surface area contributed by atoms with Crippen LogP contribution in [0, 0.1) is 12.8 Å². The van der Waals surface area contributed by atoms with Crippen LogP contribution in [-0.4, -0.2) is 31.8 Å². The van der Waals surface area contributed by atoms with Crippen molar-refractivity contribution < 1.29 is 17.6 Å². The normalized spacial score (nSPS) is 18.4. The van der Waals surface area contributed by atoms with Crippen LogP contribution in [0.25, 0.3) is 0 Å². The number of halogens is 1. The number of aryl methyl sites for hydroxylation is 1. The van der Waals surface area contributed by atoms with Crippen molar-refractivity contribution in [1.29, 1.82) is 0 Å². The van der Waals surface area contributed by atoms with Crippen molar-refractivity contribution in [2.45, 2.75) is 24.7 Å². The molecule has 0 spiro atoms. The van der Waals surface area contributed by atoms with Gasteiger partial charge < -0.3 is 0 Å². The van der Waals surface area contributed by atoms with Gasteiger partial charge in [0.25, 0.3) is 0 Å². The number of nitrogens with zero attached hydrogens (tertiary/aromatic N) is 1. The monoisotopic (exact) mass is 285 g/mol. The number of hydrogen-bond acceptors (Lipinski definition) is 3. The predicted molar refractivity (Wildman–Crippen MR) is 68.8 cm³/mol. The Kier molecular flexibility index (Phi) is 4.01. The molecule has 104 valence electrons. The Morgan fingerprint density at radius 3 is 2.21 bits per heavy atom. The Hall–Kier alpha value is -1.27. The molecule has 4 nitrogen and oxygen atoms in total. The van der Waals surface area contributed by atoms with Crippen molar-refractivity contribution in [3.63, 3.8) is 0 Å². The number of hydrogen-bond donors (Lipinski definition) is 0. The van der Waals surface area contributed by atoms with Gasteiger partial charge in [-0.3, -0.25) is 4.79 Å². The Balaban J connectivity index is 2.14. The first kappa shape index (κ1) is 14.1. The van der Waals surface area contributed by atoms with Crippen molar-refractivity contribution in [3.8, 4) is 0 Å². The standard InChI is InChI=1S/C13H16FNO3S/c1-10-2-4-12(5-3-10)19(17,18)15-8-6-11(7-9-15)13(14)16/h2-5,11H,6-9H2,1H3. The first-order chi connectivity index (χ1) is 8.91. The van der Waals surface area contributed by atoms with Crippen LogP contribution in [0.5, 0.6) is 0 Å². The summed E-state index contributed by atoms with van der Waals surface area (Å²) in [6.45, 7) is 2.27. The van der Waals surface area contributed by atoms with Crippen LogP contribution in [0.3, 0.4) is 0 Å². The molecule has 1 aromatic rings. The van der Waals surface area contributed by atoms with Gasteiger partial charge in [-0.1, -0.05) is 17.7 Å². The zero-order chi connectivity index (χ0) is 14.0. The van der Waals surface area contributed by atoms with Gasteiger partial charge in [-0.05, 0) is 31.9 Å². The summed E-state index contributed by atoms with van der Waals surface area (Å²) in [4.78, 5) is 10.9. The lowest BCUT2D eigenvalue weighted by molar-refractivity contribution is -0.134. The highest BCUT2D eigenvalue weighted by molar-refractivity contribution is 7.89. The van der Waals surface area contributed by atoms with Gasteiger partial charge in [0.1, 0.15) is 0 Å². The van der Waals surface area contributed by atoms with E-state index in [1.165, 1.54) is 4.31 Å². The van der Waals surface area contributed by atoms with Gasteiger partial charge in [0.15, 0.2) is 0 Å². The van der Waals surface area contributed by atoms with E-state index in [9.17, 15) is 17.6 Å². The van der Waals surface area contributed by atoms with Crippen LogP contribution >= 0.6 is 0 Å². The highest BCUT2D eigenvalue weighted by Crippen LogP contribution is 2.24. The summed E-state index contributed by atoms with van der Waals surface area (Å²) in [5.74, 6) is -0.649. The summed E-state index contributed by atoms with van der Waals surface area (Å²) < 4.78 is 38.5. The van der Waals surface area contributed by atoms with Crippen LogP contribution in [-0.2, 0) is 14.8 Å². The number of sulfonamides is 1. The zero-order valence-corrected chi connectivity index (χ0v) is 11.5. The molecule has 19 heavy (non-hydrogen) atoms. The quantitative estimate of drug-likeness (QED) is 0.797. The molecule has 0 radical (unpaired) electrons. The predicted octanol–water partition coefficient (Wildman–Crippen LogP) is 1.89. The average Bonchev–Trinajstić information content (AvgIpc) is 2.39. The fourth-order valence-corrected chi connectivity index (χ4v) is 3.65. The summed E-state index contributed by atoms with van der Waals surface area (Å²) in [5.41, 5.74) is 0.987. The molecule has 1 heterocycles. The van der Waals surface area contributed by atoms with Gasteiger partial charge in [0.2, 0.25) is 10.0 Å². The first-order valence-corrected chi connectivity index (χ1v) is 7.61. The molecule has 0 aliphatic carbocycles. The van der Waals surface area contributed by atoms with Gasteiger partial charge >= 0.3 is 6.04 Å². The average molecular weight is 285 g/mol. The molecule has 0 atom stereocenters. The van der Waals surface area contributed by atoms with E-state index in [0.29, 0.717) is 0 Å². The fourth-order valence-electron chi connectivity index (χ4n) is 2.18. The zero-order valence-electron chi connectivity index (χ0n) is 10.7. The second-order valence-corrected chi connectivity index (χ2v) is 6.73. The first-order valence-electron chi connectivity index (χ1n) is 6.17. The minimum Gasteiger partial charge on any atom is -0.261 e. The van der Waals surface area contributed by atoms with E-state index in [1.54, 1.807) is 24.3 Å². The molecule has 1 aliphatic heterocycles. The van der Waals surface area contributed by atoms with E-state index in [4.69, 9.17) is 0 Å². The van der Waals surface area contributed by atoms with Gasteiger partial charge in [0, 0.05) is 13.1 Å². The molecule has 0 N–H and O–H groups in total. The second kappa shape index (κ2) is 5.38. The molecule has 0 bridgehead atoms. The van der Waals surface area contributed by atoms with Crippen molar-refractivity contribution in [3.05, 3.63) is 29.8 Å². The van der Waals surface area contributed by atoms with Crippen LogP contribution in [0.1, 0.15) is 18.4 Å². The summed E-state index contributed by atoms with van der Waals surface area (Å²) in [5, 5.41) is 0. The van der Waals surface area contributed by atoms with E-state index in [-0.39, 0.29) is 30.8 Å². The lowest BCUT2D eigenvalue weighted by Crippen LogP contribution is -2.39. The molecule has 1 fully saturated rings. The van der Waals surface area contributed by atoms with Crippen LogP contribution in [0.2, 0.25) is 0 Å². The second-order valence-electron chi connectivity index (χ2n) is 4.80. The Morgan fingerprint density at radius 1 is 1.21 bits per heavy atom. The van der Waals surface area contributed by atoms with Gasteiger partial charge in [-0.2, -0.15) is 8.70 Å². The maximum Gasteiger partial charge on any atom is 0.304 e. The minimum atomic E-state index is -3.53. The van der Waals surface area contributed by atoms with Gasteiger partial charge in [-0.25, -0.2) is 8.42 Å². The summed E-state index contributed by atoms with van der Waals surface area (Å²) in [6.07, 6.45) is 0.501. The Labute approximate surface area is 112 Å². The maximum atomic E-state index is 12.6. The summed E-state index contributed by atoms with van der Waals surface area (Å²) >= 11 is 0. The van der Waals surface area contributed by atoms with E-state index in [0.717, 1.165) is 5.56 Å². The molecule has 0 aromatic heterocycles. The van der Waals surface area contributed by atoms with E-state index in [1.807, 2.05) is 6.92 Å². The number of rotatable bonds is 3. The Bertz CT molecular complexity index is 560. The molecular weight excluding hydrogens is 269 g/mol.